The Morgan fingerprint density at radius 2 is 1.57 bits per heavy atom. The Balaban J connectivity index is 1.14. The van der Waals surface area contributed by atoms with E-state index in [1.807, 2.05) is 30.3 Å². The number of piperazine rings is 1. The summed E-state index contributed by atoms with van der Waals surface area (Å²) in [6, 6.07) is 9.88. The van der Waals surface area contributed by atoms with Gasteiger partial charge < -0.3 is 20.4 Å². The Hall–Kier alpha value is -3.86. The van der Waals surface area contributed by atoms with Gasteiger partial charge in [-0.3, -0.25) is 9.69 Å². The molecule has 182 valence electrons. The fourth-order valence-electron chi connectivity index (χ4n) is 4.68. The van der Waals surface area contributed by atoms with Crippen LogP contribution in [0.4, 0.5) is 29.2 Å². The molecule has 2 aromatic heterocycles. The normalized spacial score (nSPS) is 17.3. The molecule has 5 rings (SSSR count). The molecule has 11 nitrogen and oxygen atoms in total. The monoisotopic (exact) mass is 474 g/mol. The molecule has 2 N–H and O–H groups in total. The second-order valence-corrected chi connectivity index (χ2v) is 8.79. The van der Waals surface area contributed by atoms with Gasteiger partial charge in [-0.15, -0.1) is 0 Å². The molecule has 2 aliphatic heterocycles. The van der Waals surface area contributed by atoms with Crippen LogP contribution in [0, 0.1) is 0 Å². The van der Waals surface area contributed by atoms with Gasteiger partial charge in [-0.25, -0.2) is 19.9 Å². The molecule has 0 radical (unpaired) electrons. The topological polar surface area (TPSA) is 115 Å². The summed E-state index contributed by atoms with van der Waals surface area (Å²) in [4.78, 5) is 40.5. The largest absolute Gasteiger partial charge is 0.341 e. The van der Waals surface area contributed by atoms with Crippen molar-refractivity contribution in [3.63, 3.8) is 0 Å². The summed E-state index contributed by atoms with van der Waals surface area (Å²) in [6.45, 7) is 7.27. The summed E-state index contributed by atoms with van der Waals surface area (Å²) in [5, 5.41) is 5.99. The molecule has 11 heteroatoms. The number of rotatable bonds is 6. The predicted molar refractivity (Wildman–Crippen MR) is 135 cm³/mol. The van der Waals surface area contributed by atoms with Gasteiger partial charge in [0.25, 0.3) is 0 Å². The number of nitrogens with one attached hydrogen (secondary N) is 2. The van der Waals surface area contributed by atoms with Gasteiger partial charge in [0, 0.05) is 76.0 Å². The molecule has 0 unspecified atom stereocenters. The lowest BCUT2D eigenvalue weighted by molar-refractivity contribution is -0.114. The minimum Gasteiger partial charge on any atom is -0.341 e. The summed E-state index contributed by atoms with van der Waals surface area (Å²) < 4.78 is 0. The summed E-state index contributed by atoms with van der Waals surface area (Å²) in [7, 11) is 0. The molecule has 2 fully saturated rings. The molecule has 3 aromatic rings. The lowest BCUT2D eigenvalue weighted by atomic mass is 10.0. The zero-order valence-electron chi connectivity index (χ0n) is 19.8. The molecule has 35 heavy (non-hydrogen) atoms. The van der Waals surface area contributed by atoms with E-state index in [0.29, 0.717) is 17.9 Å². The molecule has 0 bridgehead atoms. The molecule has 0 atom stereocenters. The van der Waals surface area contributed by atoms with Crippen LogP contribution in [0.1, 0.15) is 19.8 Å². The zero-order valence-corrected chi connectivity index (χ0v) is 19.8. The maximum atomic E-state index is 11.3. The van der Waals surface area contributed by atoms with Gasteiger partial charge in [0.05, 0.1) is 0 Å². The number of carbonyl (C=O) groups is 1. The van der Waals surface area contributed by atoms with Crippen LogP contribution in [0.3, 0.4) is 0 Å². The average Bonchev–Trinajstić information content (AvgIpc) is 2.89. The molecule has 4 heterocycles. The summed E-state index contributed by atoms with van der Waals surface area (Å²) in [5.41, 5.74) is 1.52. The summed E-state index contributed by atoms with van der Waals surface area (Å²) in [5.74, 6) is 1.88. The van der Waals surface area contributed by atoms with E-state index in [1.165, 1.54) is 6.92 Å². The molecule has 1 amide bonds. The number of carbonyl (C=O) groups excluding carboxylic acids is 1. The molecular weight excluding hydrogens is 444 g/mol. The van der Waals surface area contributed by atoms with Gasteiger partial charge in [-0.2, -0.15) is 4.98 Å². The lowest BCUT2D eigenvalue weighted by Gasteiger charge is -2.42. The SMILES string of the molecule is CC(=O)Nc1cccc(Nc2ncnc(N3CCC(N4CCN(c5ncccn5)CC4)CC3)n2)c1. The van der Waals surface area contributed by atoms with Crippen molar-refractivity contribution in [2.75, 3.05) is 59.7 Å². The van der Waals surface area contributed by atoms with E-state index in [9.17, 15) is 4.79 Å². The number of nitrogens with zero attached hydrogens (tertiary/aromatic N) is 8. The van der Waals surface area contributed by atoms with Gasteiger partial charge >= 0.3 is 0 Å². The quantitative estimate of drug-likeness (QED) is 0.551. The first kappa shape index (κ1) is 22.9. The lowest BCUT2D eigenvalue weighted by Crippen LogP contribution is -2.53. The number of amides is 1. The van der Waals surface area contributed by atoms with Crippen LogP contribution < -0.4 is 20.4 Å². The first-order chi connectivity index (χ1) is 17.1. The van der Waals surface area contributed by atoms with Crippen molar-refractivity contribution in [1.29, 1.82) is 0 Å². The van der Waals surface area contributed by atoms with Crippen molar-refractivity contribution in [2.24, 2.45) is 0 Å². The third kappa shape index (κ3) is 5.80. The van der Waals surface area contributed by atoms with E-state index >= 15 is 0 Å². The average molecular weight is 475 g/mol. The standard InChI is InChI=1S/C24H30N10O/c1-18(35)29-19-4-2-5-20(16-19)30-22-27-17-28-24(31-22)33-10-6-21(7-11-33)32-12-14-34(15-13-32)23-25-8-3-9-26-23/h2-5,8-9,16-17,21H,6-7,10-15H2,1H3,(H,29,35)(H,27,28,30,31). The highest BCUT2D eigenvalue weighted by Crippen LogP contribution is 2.23. The highest BCUT2D eigenvalue weighted by molar-refractivity contribution is 5.89. The summed E-state index contributed by atoms with van der Waals surface area (Å²) >= 11 is 0. The van der Waals surface area contributed by atoms with E-state index in [0.717, 1.165) is 69.4 Å². The van der Waals surface area contributed by atoms with E-state index in [4.69, 9.17) is 0 Å². The van der Waals surface area contributed by atoms with Crippen molar-refractivity contribution in [2.45, 2.75) is 25.8 Å². The second-order valence-electron chi connectivity index (χ2n) is 8.79. The Morgan fingerprint density at radius 1 is 0.857 bits per heavy atom. The summed E-state index contributed by atoms with van der Waals surface area (Å²) in [6.07, 6.45) is 7.30. The molecule has 2 saturated heterocycles. The molecular formula is C24H30N10O. The van der Waals surface area contributed by atoms with Crippen LogP contribution in [0.25, 0.3) is 0 Å². The van der Waals surface area contributed by atoms with E-state index in [2.05, 4.69) is 50.3 Å². The number of aromatic nitrogens is 5. The van der Waals surface area contributed by atoms with Gasteiger partial charge in [0.2, 0.25) is 23.8 Å². The third-order valence-corrected chi connectivity index (χ3v) is 6.41. The Kier molecular flexibility index (Phi) is 6.94. The Labute approximate surface area is 204 Å². The minimum absolute atomic E-state index is 0.111. The van der Waals surface area contributed by atoms with E-state index < -0.39 is 0 Å². The fourth-order valence-corrected chi connectivity index (χ4v) is 4.68. The highest BCUT2D eigenvalue weighted by atomic mass is 16.1. The van der Waals surface area contributed by atoms with Crippen LogP contribution in [-0.4, -0.2) is 81.0 Å². The predicted octanol–water partition coefficient (Wildman–Crippen LogP) is 2.15. The van der Waals surface area contributed by atoms with Crippen LogP contribution in [0.5, 0.6) is 0 Å². The molecule has 0 saturated carbocycles. The minimum atomic E-state index is -0.111. The van der Waals surface area contributed by atoms with Crippen molar-refractivity contribution in [3.05, 3.63) is 49.1 Å². The number of hydrogen-bond donors (Lipinski definition) is 2. The fraction of sp³-hybridized carbons (Fsp3) is 0.417. The van der Waals surface area contributed by atoms with E-state index in [1.54, 1.807) is 18.7 Å². The smallest absolute Gasteiger partial charge is 0.231 e. The molecule has 2 aliphatic rings. The van der Waals surface area contributed by atoms with Gasteiger partial charge in [-0.1, -0.05) is 6.07 Å². The maximum absolute atomic E-state index is 11.3. The maximum Gasteiger partial charge on any atom is 0.231 e. The van der Waals surface area contributed by atoms with Gasteiger partial charge in [-0.05, 0) is 37.1 Å². The second kappa shape index (κ2) is 10.6. The highest BCUT2D eigenvalue weighted by Gasteiger charge is 2.29. The van der Waals surface area contributed by atoms with Crippen LogP contribution in [0.15, 0.2) is 49.1 Å². The van der Waals surface area contributed by atoms with Gasteiger partial charge in [0.1, 0.15) is 6.33 Å². The van der Waals surface area contributed by atoms with Gasteiger partial charge in [0.15, 0.2) is 0 Å². The number of benzene rings is 1. The Morgan fingerprint density at radius 3 is 2.31 bits per heavy atom. The Bertz CT molecular complexity index is 1130. The third-order valence-electron chi connectivity index (χ3n) is 6.41. The first-order valence-electron chi connectivity index (χ1n) is 12.0. The van der Waals surface area contributed by atoms with Crippen molar-refractivity contribution in [3.8, 4) is 0 Å². The van der Waals surface area contributed by atoms with Crippen LogP contribution >= 0.6 is 0 Å². The molecule has 0 spiro atoms. The van der Waals surface area contributed by atoms with Crippen LogP contribution in [-0.2, 0) is 4.79 Å². The van der Waals surface area contributed by atoms with Crippen LogP contribution in [0.2, 0.25) is 0 Å². The molecule has 0 aliphatic carbocycles. The van der Waals surface area contributed by atoms with Crippen molar-refractivity contribution < 1.29 is 4.79 Å². The van der Waals surface area contributed by atoms with Crippen molar-refractivity contribution in [1.82, 2.24) is 29.8 Å². The number of anilines is 5. The van der Waals surface area contributed by atoms with Crippen molar-refractivity contribution >= 4 is 35.1 Å². The molecule has 1 aromatic carbocycles. The zero-order chi connectivity index (χ0) is 24.0. The number of hydrogen-bond acceptors (Lipinski definition) is 10. The number of piperidine rings is 1. The first-order valence-corrected chi connectivity index (χ1v) is 12.0. The van der Waals surface area contributed by atoms with E-state index in [-0.39, 0.29) is 5.91 Å².